The number of imide groups is 1. The number of aliphatic imine (C=N–C) groups is 1. The van der Waals surface area contributed by atoms with Gasteiger partial charge in [0.2, 0.25) is 21.8 Å². The summed E-state index contributed by atoms with van der Waals surface area (Å²) in [7, 11) is -2.14. The van der Waals surface area contributed by atoms with Gasteiger partial charge in [0.1, 0.15) is 18.5 Å². The minimum absolute atomic E-state index is 0.0965. The van der Waals surface area contributed by atoms with Crippen LogP contribution < -0.4 is 27.0 Å². The second kappa shape index (κ2) is 18.4. The smallest absolute Gasteiger partial charge is 0.333 e. The molecule has 3 aromatic carbocycles. The van der Waals surface area contributed by atoms with E-state index in [2.05, 4.69) is 26.3 Å². The van der Waals surface area contributed by atoms with E-state index in [1.54, 1.807) is 54.4 Å². The number of likely N-dealkylation sites (tertiary alicyclic amines) is 1. The van der Waals surface area contributed by atoms with Crippen LogP contribution in [0.1, 0.15) is 81.0 Å². The first-order chi connectivity index (χ1) is 31.4. The number of hydrogen-bond acceptors (Lipinski definition) is 12. The Morgan fingerprint density at radius 1 is 0.909 bits per heavy atom. The Morgan fingerprint density at radius 2 is 1.65 bits per heavy atom. The predicted octanol–water partition coefficient (Wildman–Crippen LogP) is 3.14. The number of hydrogen-bond donors (Lipinski definition) is 6. The first-order valence-corrected chi connectivity index (χ1v) is 23.5. The van der Waals surface area contributed by atoms with Crippen molar-refractivity contribution in [1.82, 2.24) is 29.0 Å². The number of fused-ring (bicyclic) bond motifs is 1. The highest BCUT2D eigenvalue weighted by Gasteiger charge is 2.42. The zero-order chi connectivity index (χ0) is 47.1. The Kier molecular flexibility index (Phi) is 12.8. The van der Waals surface area contributed by atoms with Crippen molar-refractivity contribution in [1.29, 1.82) is 0 Å². The van der Waals surface area contributed by atoms with Gasteiger partial charge in [-0.15, -0.1) is 0 Å². The van der Waals surface area contributed by atoms with Gasteiger partial charge in [0.25, 0.3) is 0 Å². The van der Waals surface area contributed by atoms with Gasteiger partial charge in [-0.1, -0.05) is 30.3 Å². The summed E-state index contributed by atoms with van der Waals surface area (Å²) < 4.78 is 37.7. The number of carboxylic acids is 2. The number of aromatic nitrogens is 2. The highest BCUT2D eigenvalue weighted by Crippen LogP contribution is 2.35. The molecule has 6 N–H and O–H groups in total. The van der Waals surface area contributed by atoms with Crippen molar-refractivity contribution in [2.45, 2.75) is 93.9 Å². The fraction of sp³-hybridized carbons (Fsp3) is 0.444. The van der Waals surface area contributed by atoms with E-state index < -0.39 is 58.3 Å². The second-order valence-electron chi connectivity index (χ2n) is 17.9. The van der Waals surface area contributed by atoms with Gasteiger partial charge in [0.15, 0.2) is 12.3 Å². The second-order valence-corrected chi connectivity index (χ2v) is 19.8. The van der Waals surface area contributed by atoms with Crippen molar-refractivity contribution in [2.75, 3.05) is 36.9 Å². The Morgan fingerprint density at radius 3 is 2.36 bits per heavy atom. The molecule has 66 heavy (non-hydrogen) atoms. The molecule has 4 aliphatic rings. The highest BCUT2D eigenvalue weighted by molar-refractivity contribution is 7.88. The number of carbonyl (C=O) groups is 5. The number of nitrogens with one attached hydrogen (secondary N) is 4. The summed E-state index contributed by atoms with van der Waals surface area (Å²) in [5.41, 5.74) is 3.53. The number of aryl methyl sites for hydroxylation is 1. The number of carbonyl (C=O) groups excluding carboxylic acids is 3. The van der Waals surface area contributed by atoms with E-state index >= 15 is 0 Å². The van der Waals surface area contributed by atoms with E-state index in [1.807, 2.05) is 38.1 Å². The topological polar surface area (TPSA) is 263 Å². The van der Waals surface area contributed by atoms with E-state index in [9.17, 15) is 42.3 Å². The molecule has 0 aliphatic carbocycles. The third kappa shape index (κ3) is 9.68. The molecule has 350 valence electrons. The molecule has 5 heterocycles. The summed E-state index contributed by atoms with van der Waals surface area (Å²) >= 11 is 0. The number of sulfonamides is 1. The van der Waals surface area contributed by atoms with Crippen LogP contribution in [0, 0.1) is 0 Å². The standard InChI is InChI=1S/C45H53N9O11S/c1-45(2)23-32(46-31-9-5-7-29(21-31)39-49-38(42(59)60)41(50-39)65-24-37(56)57)16-19-53(45)66(63,64)25-26-6-4-8-30(20-26)47-43(61)52-17-14-27(15-18-52)28-10-11-33-35(22-28)51(3)44(62)54(33)34-12-13-36(55)48-40(34)58/h4-11,20-22,27,32,34,38,41,46H,12-19,23-25H2,1-3H3,(H,47,61)(H,49,50)(H,56,57)(H,59,60)(H,48,55,58). The van der Waals surface area contributed by atoms with Crippen LogP contribution in [0.2, 0.25) is 0 Å². The maximum Gasteiger partial charge on any atom is 0.333 e. The summed E-state index contributed by atoms with van der Waals surface area (Å²) in [5.74, 6) is -3.22. The number of amidine groups is 1. The van der Waals surface area contributed by atoms with Crippen LogP contribution in [-0.4, -0.2) is 123 Å². The molecule has 0 radical (unpaired) electrons. The Hall–Kier alpha value is -6.58. The normalized spacial score (nSPS) is 22.7. The molecule has 0 saturated carbocycles. The molecule has 8 rings (SSSR count). The van der Waals surface area contributed by atoms with E-state index in [-0.39, 0.29) is 60.6 Å². The monoisotopic (exact) mass is 927 g/mol. The molecule has 0 bridgehead atoms. The quantitative estimate of drug-likeness (QED) is 0.105. The van der Waals surface area contributed by atoms with E-state index in [0.29, 0.717) is 72.3 Å². The van der Waals surface area contributed by atoms with Crippen LogP contribution in [-0.2, 0) is 46.7 Å². The first-order valence-electron chi connectivity index (χ1n) is 21.8. The van der Waals surface area contributed by atoms with Crippen LogP contribution in [0.4, 0.5) is 16.2 Å². The Labute approximate surface area is 380 Å². The van der Waals surface area contributed by atoms with Crippen LogP contribution in [0.15, 0.2) is 76.5 Å². The summed E-state index contributed by atoms with van der Waals surface area (Å²) in [4.78, 5) is 79.8. The number of imidazole rings is 1. The molecule has 4 aliphatic heterocycles. The highest BCUT2D eigenvalue weighted by atomic mass is 32.2. The molecule has 4 aromatic rings. The average molecular weight is 928 g/mol. The molecule has 21 heteroatoms. The van der Waals surface area contributed by atoms with Gasteiger partial charge in [0, 0.05) is 61.6 Å². The molecule has 20 nitrogen and oxygen atoms in total. The molecule has 3 fully saturated rings. The zero-order valence-corrected chi connectivity index (χ0v) is 37.5. The molecule has 3 saturated heterocycles. The molecule has 0 spiro atoms. The summed E-state index contributed by atoms with van der Waals surface area (Å²) in [6.45, 7) is 4.31. The fourth-order valence-electron chi connectivity index (χ4n) is 9.62. The van der Waals surface area contributed by atoms with Crippen molar-refractivity contribution in [3.05, 3.63) is 93.9 Å². The van der Waals surface area contributed by atoms with Gasteiger partial charge in [-0.25, -0.2) is 32.6 Å². The third-order valence-corrected chi connectivity index (χ3v) is 14.9. The van der Waals surface area contributed by atoms with Gasteiger partial charge < -0.3 is 35.8 Å². The average Bonchev–Trinajstić information content (AvgIpc) is 3.81. The molecule has 4 unspecified atom stereocenters. The number of nitrogens with zero attached hydrogens (tertiary/aromatic N) is 5. The number of amides is 4. The predicted molar refractivity (Wildman–Crippen MR) is 243 cm³/mol. The first kappa shape index (κ1) is 46.0. The lowest BCUT2D eigenvalue weighted by Crippen LogP contribution is -2.55. The van der Waals surface area contributed by atoms with Crippen molar-refractivity contribution >= 4 is 68.1 Å². The SMILES string of the molecule is Cn1c(=O)n(C2CCC(=O)NC2=O)c2ccc(C3CCN(C(=O)Nc4cccc(CS(=O)(=O)N5CCC(Nc6cccc(C7=NC(C(=O)O)C(OCC(=O)O)N7)c6)CC5(C)C)c4)CC3)cc21. The van der Waals surface area contributed by atoms with Crippen molar-refractivity contribution < 1.29 is 47.3 Å². The lowest BCUT2D eigenvalue weighted by molar-refractivity contribution is -0.150. The van der Waals surface area contributed by atoms with E-state index in [4.69, 9.17) is 9.84 Å². The molecule has 4 amide bonds. The van der Waals surface area contributed by atoms with Crippen molar-refractivity contribution in [3.8, 4) is 0 Å². The number of urea groups is 1. The third-order valence-electron chi connectivity index (χ3n) is 12.8. The lowest BCUT2D eigenvalue weighted by Gasteiger charge is -2.45. The van der Waals surface area contributed by atoms with Gasteiger partial charge >= 0.3 is 23.7 Å². The van der Waals surface area contributed by atoms with Crippen LogP contribution in [0.3, 0.4) is 0 Å². The van der Waals surface area contributed by atoms with Gasteiger partial charge in [-0.2, -0.15) is 4.31 Å². The van der Waals surface area contributed by atoms with Crippen LogP contribution in [0.25, 0.3) is 11.0 Å². The van der Waals surface area contributed by atoms with Gasteiger partial charge in [-0.3, -0.25) is 24.0 Å². The number of carboxylic acid groups (broad SMARTS) is 2. The van der Waals surface area contributed by atoms with Gasteiger partial charge in [-0.05, 0) is 99.4 Å². The maximum atomic E-state index is 14.0. The number of rotatable bonds is 13. The van der Waals surface area contributed by atoms with E-state index in [0.717, 1.165) is 5.56 Å². The number of anilines is 2. The molecule has 1 aromatic heterocycles. The number of piperidine rings is 3. The summed E-state index contributed by atoms with van der Waals surface area (Å²) in [6.07, 6.45) is 1.63. The van der Waals surface area contributed by atoms with Crippen LogP contribution in [0.5, 0.6) is 0 Å². The van der Waals surface area contributed by atoms with Gasteiger partial charge in [0.05, 0.1) is 16.8 Å². The Bertz CT molecular complexity index is 2790. The molecular weight excluding hydrogens is 875 g/mol. The molecular formula is C45H53N9O11S. The van der Waals surface area contributed by atoms with E-state index in [1.165, 1.54) is 13.4 Å². The van der Waals surface area contributed by atoms with Crippen LogP contribution >= 0.6 is 0 Å². The number of benzene rings is 3. The maximum absolute atomic E-state index is 14.0. The summed E-state index contributed by atoms with van der Waals surface area (Å²) in [6, 6.07) is 17.3. The van der Waals surface area contributed by atoms with Crippen molar-refractivity contribution in [2.24, 2.45) is 12.0 Å². The summed E-state index contributed by atoms with van der Waals surface area (Å²) in [5, 5.41) is 30.2. The largest absolute Gasteiger partial charge is 0.480 e. The van der Waals surface area contributed by atoms with Crippen molar-refractivity contribution in [3.63, 3.8) is 0 Å². The fourth-order valence-corrected chi connectivity index (χ4v) is 11.6. The molecule has 4 atom stereocenters. The Balaban J connectivity index is 0.844. The lowest BCUT2D eigenvalue weighted by atomic mass is 9.89. The minimum Gasteiger partial charge on any atom is -0.480 e. The zero-order valence-electron chi connectivity index (χ0n) is 36.7. The number of aliphatic carboxylic acids is 2. The minimum atomic E-state index is -3.80. The number of ether oxygens (including phenoxy) is 1.